The quantitative estimate of drug-likeness (QED) is 0.583. The third kappa shape index (κ3) is 4.82. The first kappa shape index (κ1) is 22.9. The van der Waals surface area contributed by atoms with Crippen LogP contribution in [0.1, 0.15) is 24.6 Å². The van der Waals surface area contributed by atoms with E-state index in [0.717, 1.165) is 67.2 Å². The van der Waals surface area contributed by atoms with E-state index in [-0.39, 0.29) is 11.9 Å². The molecule has 2 saturated heterocycles. The highest BCUT2D eigenvalue weighted by molar-refractivity contribution is 7.19. The highest BCUT2D eigenvalue weighted by Gasteiger charge is 2.25. The Morgan fingerprint density at radius 3 is 2.56 bits per heavy atom. The molecule has 34 heavy (non-hydrogen) atoms. The van der Waals surface area contributed by atoms with Crippen LogP contribution in [0.4, 0.5) is 11.8 Å². The second kappa shape index (κ2) is 9.77. The van der Waals surface area contributed by atoms with Crippen LogP contribution in [0, 0.1) is 0 Å². The second-order valence-corrected chi connectivity index (χ2v) is 10.0. The number of carbonyl (C=O) groups is 1. The maximum absolute atomic E-state index is 11.7. The molecule has 180 valence electrons. The van der Waals surface area contributed by atoms with Crippen molar-refractivity contribution in [2.24, 2.45) is 0 Å². The number of likely N-dealkylation sites (tertiary alicyclic amines) is 1. The number of nitrogens with two attached hydrogens (primary N) is 1. The minimum atomic E-state index is 0.138. The molecule has 2 aliphatic heterocycles. The second-order valence-electron chi connectivity index (χ2n) is 8.86. The molecule has 0 aliphatic carbocycles. The number of hydrogen-bond acceptors (Lipinski definition) is 10. The van der Waals surface area contributed by atoms with Gasteiger partial charge in [0.1, 0.15) is 0 Å². The molecule has 0 atom stereocenters. The monoisotopic (exact) mass is 482 g/mol. The van der Waals surface area contributed by atoms with E-state index in [1.165, 1.54) is 4.88 Å². The van der Waals surface area contributed by atoms with Crippen molar-refractivity contribution in [3.63, 3.8) is 0 Å². The molecule has 0 unspecified atom stereocenters. The summed E-state index contributed by atoms with van der Waals surface area (Å²) in [5.74, 6) is 1.92. The maximum atomic E-state index is 11.7. The lowest BCUT2D eigenvalue weighted by atomic mass is 10.0. The molecular formula is C23H30N8O2S. The van der Waals surface area contributed by atoms with E-state index in [2.05, 4.69) is 25.8 Å². The maximum Gasteiger partial charge on any atom is 0.219 e. The van der Waals surface area contributed by atoms with Crippen molar-refractivity contribution in [2.75, 3.05) is 57.1 Å². The Hall–Kier alpha value is -2.89. The van der Waals surface area contributed by atoms with Crippen LogP contribution in [-0.4, -0.2) is 88.1 Å². The fourth-order valence-corrected chi connectivity index (χ4v) is 5.71. The molecule has 2 fully saturated rings. The normalized spacial score (nSPS) is 17.9. The number of ether oxygens (including phenoxy) is 1. The Morgan fingerprint density at radius 1 is 1.18 bits per heavy atom. The molecule has 0 bridgehead atoms. The van der Waals surface area contributed by atoms with Crippen molar-refractivity contribution in [1.29, 1.82) is 0 Å². The third-order valence-electron chi connectivity index (χ3n) is 6.63. The number of amides is 1. The fourth-order valence-electron chi connectivity index (χ4n) is 4.56. The van der Waals surface area contributed by atoms with Crippen LogP contribution >= 0.6 is 11.3 Å². The summed E-state index contributed by atoms with van der Waals surface area (Å²) in [5, 5.41) is 0. The minimum absolute atomic E-state index is 0.138. The summed E-state index contributed by atoms with van der Waals surface area (Å²) in [7, 11) is 1.91. The summed E-state index contributed by atoms with van der Waals surface area (Å²) < 4.78 is 6.66. The van der Waals surface area contributed by atoms with Crippen molar-refractivity contribution >= 4 is 39.2 Å². The SMILES string of the molecule is CC(=O)N(C)C1CCN(Cc2cc3nc(-c4cnc(N)nc4)nc(N4CCOCC4)c3s2)CC1. The first-order valence-corrected chi connectivity index (χ1v) is 12.5. The number of piperidine rings is 1. The van der Waals surface area contributed by atoms with Crippen LogP contribution in [0.2, 0.25) is 0 Å². The fraction of sp³-hybridized carbons (Fsp3) is 0.522. The molecule has 3 aromatic heterocycles. The first-order valence-electron chi connectivity index (χ1n) is 11.6. The molecule has 0 radical (unpaired) electrons. The number of anilines is 2. The van der Waals surface area contributed by atoms with E-state index in [4.69, 9.17) is 20.4 Å². The number of nitrogen functional groups attached to an aromatic ring is 1. The number of rotatable bonds is 5. The van der Waals surface area contributed by atoms with Gasteiger partial charge in [-0.3, -0.25) is 9.69 Å². The van der Waals surface area contributed by atoms with Crippen LogP contribution in [0.5, 0.6) is 0 Å². The zero-order chi connectivity index (χ0) is 23.7. The first-order chi connectivity index (χ1) is 16.5. The molecule has 2 N–H and O–H groups in total. The number of nitrogens with zero attached hydrogens (tertiary/aromatic N) is 7. The van der Waals surface area contributed by atoms with Crippen LogP contribution in [-0.2, 0) is 16.1 Å². The third-order valence-corrected chi connectivity index (χ3v) is 7.73. The largest absolute Gasteiger partial charge is 0.378 e. The Morgan fingerprint density at radius 2 is 1.88 bits per heavy atom. The molecule has 0 aromatic carbocycles. The van der Waals surface area contributed by atoms with E-state index in [9.17, 15) is 4.79 Å². The van der Waals surface area contributed by atoms with Crippen LogP contribution in [0.3, 0.4) is 0 Å². The van der Waals surface area contributed by atoms with E-state index in [0.29, 0.717) is 25.1 Å². The van der Waals surface area contributed by atoms with Gasteiger partial charge in [0.2, 0.25) is 11.9 Å². The van der Waals surface area contributed by atoms with Gasteiger partial charge >= 0.3 is 0 Å². The lowest BCUT2D eigenvalue weighted by Gasteiger charge is -2.36. The molecule has 11 heteroatoms. The molecular weight excluding hydrogens is 452 g/mol. The standard InChI is InChI=1S/C23H30N8O2S/c1-15(32)29(2)17-3-5-30(6-4-17)14-18-11-19-20(34-18)22(31-7-9-33-10-8-31)28-21(27-19)16-12-25-23(24)26-13-16/h11-13,17H,3-10,14H2,1-2H3,(H2,24,25,26). The zero-order valence-corrected chi connectivity index (χ0v) is 20.4. The number of thiophene rings is 1. The summed E-state index contributed by atoms with van der Waals surface area (Å²) >= 11 is 1.76. The van der Waals surface area contributed by atoms with Gasteiger partial charge in [-0.25, -0.2) is 19.9 Å². The van der Waals surface area contributed by atoms with Crippen LogP contribution in [0.25, 0.3) is 21.6 Å². The molecule has 1 amide bonds. The van der Waals surface area contributed by atoms with Crippen molar-refractivity contribution in [3.05, 3.63) is 23.3 Å². The molecule has 5 heterocycles. The van der Waals surface area contributed by atoms with Gasteiger partial charge in [-0.15, -0.1) is 11.3 Å². The van der Waals surface area contributed by atoms with E-state index in [1.807, 2.05) is 11.9 Å². The average Bonchev–Trinajstić information content (AvgIpc) is 3.26. The van der Waals surface area contributed by atoms with Gasteiger partial charge < -0.3 is 20.3 Å². The molecule has 10 nitrogen and oxygen atoms in total. The zero-order valence-electron chi connectivity index (χ0n) is 19.6. The van der Waals surface area contributed by atoms with Gasteiger partial charge in [-0.2, -0.15) is 0 Å². The highest BCUT2D eigenvalue weighted by atomic mass is 32.1. The van der Waals surface area contributed by atoms with Gasteiger partial charge in [-0.1, -0.05) is 0 Å². The van der Waals surface area contributed by atoms with Gasteiger partial charge in [0.25, 0.3) is 0 Å². The number of hydrogen-bond donors (Lipinski definition) is 1. The molecule has 5 rings (SSSR count). The Labute approximate surface area is 202 Å². The lowest BCUT2D eigenvalue weighted by Crippen LogP contribution is -2.44. The molecule has 3 aromatic rings. The molecule has 2 aliphatic rings. The smallest absolute Gasteiger partial charge is 0.219 e. The van der Waals surface area contributed by atoms with Gasteiger partial charge in [0.15, 0.2) is 11.6 Å². The average molecular weight is 483 g/mol. The van der Waals surface area contributed by atoms with Gasteiger partial charge in [0.05, 0.1) is 29.0 Å². The van der Waals surface area contributed by atoms with Crippen molar-refractivity contribution in [2.45, 2.75) is 32.4 Å². The minimum Gasteiger partial charge on any atom is -0.378 e. The van der Waals surface area contributed by atoms with Crippen molar-refractivity contribution in [1.82, 2.24) is 29.7 Å². The Kier molecular flexibility index (Phi) is 6.57. The summed E-state index contributed by atoms with van der Waals surface area (Å²) in [6.07, 6.45) is 5.34. The number of morpholine rings is 1. The van der Waals surface area contributed by atoms with Crippen LogP contribution in [0.15, 0.2) is 18.5 Å². The van der Waals surface area contributed by atoms with Gasteiger partial charge in [-0.05, 0) is 18.9 Å². The topological polar surface area (TPSA) is 114 Å². The van der Waals surface area contributed by atoms with E-state index in [1.54, 1.807) is 30.7 Å². The van der Waals surface area contributed by atoms with Crippen molar-refractivity contribution in [3.8, 4) is 11.4 Å². The summed E-state index contributed by atoms with van der Waals surface area (Å²) in [6.45, 7) is 7.45. The summed E-state index contributed by atoms with van der Waals surface area (Å²) in [6, 6.07) is 2.51. The van der Waals surface area contributed by atoms with Crippen molar-refractivity contribution < 1.29 is 9.53 Å². The predicted molar refractivity (Wildman–Crippen MR) is 133 cm³/mol. The molecule has 0 spiro atoms. The lowest BCUT2D eigenvalue weighted by molar-refractivity contribution is -0.130. The highest BCUT2D eigenvalue weighted by Crippen LogP contribution is 2.35. The van der Waals surface area contributed by atoms with Crippen LogP contribution < -0.4 is 10.6 Å². The summed E-state index contributed by atoms with van der Waals surface area (Å²) in [5.41, 5.74) is 7.35. The summed E-state index contributed by atoms with van der Waals surface area (Å²) in [4.78, 5) is 37.6. The predicted octanol–water partition coefficient (Wildman–Crippen LogP) is 2.01. The number of aromatic nitrogens is 4. The van der Waals surface area contributed by atoms with Gasteiger partial charge in [0, 0.05) is 70.0 Å². The number of carbonyl (C=O) groups excluding carboxylic acids is 1. The Balaban J connectivity index is 1.41. The van der Waals surface area contributed by atoms with E-state index >= 15 is 0 Å². The Bertz CT molecular complexity index is 1150. The molecule has 0 saturated carbocycles. The number of fused-ring (bicyclic) bond motifs is 1. The van der Waals surface area contributed by atoms with E-state index < -0.39 is 0 Å².